The molecule has 0 bridgehead atoms. The number of amides is 2. The summed E-state index contributed by atoms with van der Waals surface area (Å²) in [5.41, 5.74) is 0.557. The summed E-state index contributed by atoms with van der Waals surface area (Å²) >= 11 is 1.12. The number of anilines is 1. The molecule has 0 saturated heterocycles. The van der Waals surface area contributed by atoms with Crippen LogP contribution >= 0.6 is 11.8 Å². The Bertz CT molecular complexity index is 986. The smallest absolute Gasteiger partial charge is 0.387 e. The normalized spacial score (nSPS) is 17.6. The largest absolute Gasteiger partial charge is 0.465 e. The number of alkyl halides is 2. The fourth-order valence-electron chi connectivity index (χ4n) is 2.73. The molecule has 1 saturated carbocycles. The first-order valence-corrected chi connectivity index (χ1v) is 10.1. The molecule has 1 aliphatic heterocycles. The fourth-order valence-corrected chi connectivity index (χ4v) is 3.56. The molecule has 1 N–H and O–H groups in total. The van der Waals surface area contributed by atoms with Crippen molar-refractivity contribution in [3.8, 4) is 5.75 Å². The van der Waals surface area contributed by atoms with Crippen LogP contribution in [0.1, 0.15) is 18.6 Å². The number of halogens is 2. The number of furan rings is 1. The van der Waals surface area contributed by atoms with Crippen LogP contribution in [0.5, 0.6) is 5.75 Å². The van der Waals surface area contributed by atoms with Crippen molar-refractivity contribution in [3.63, 3.8) is 0 Å². The topological polar surface area (TPSA) is 84.1 Å². The molecular formula is C20H17F2N3O4S. The predicted molar refractivity (Wildman–Crippen MR) is 108 cm³/mol. The third kappa shape index (κ3) is 4.88. The number of thioether (sulfide) groups is 1. The maximum Gasteiger partial charge on any atom is 0.387 e. The molecule has 2 aromatic rings. The van der Waals surface area contributed by atoms with E-state index in [9.17, 15) is 18.4 Å². The molecule has 1 aliphatic carbocycles. The van der Waals surface area contributed by atoms with Gasteiger partial charge in [-0.25, -0.2) is 4.99 Å². The van der Waals surface area contributed by atoms with Gasteiger partial charge in [0, 0.05) is 12.1 Å². The number of benzene rings is 1. The Labute approximate surface area is 174 Å². The maximum atomic E-state index is 13.0. The van der Waals surface area contributed by atoms with Crippen molar-refractivity contribution >= 4 is 40.5 Å². The van der Waals surface area contributed by atoms with Gasteiger partial charge in [-0.2, -0.15) is 8.78 Å². The lowest BCUT2D eigenvalue weighted by atomic mass is 10.2. The summed E-state index contributed by atoms with van der Waals surface area (Å²) in [5, 5.41) is 3.19. The van der Waals surface area contributed by atoms with Crippen LogP contribution in [0, 0.1) is 0 Å². The molecule has 2 heterocycles. The minimum atomic E-state index is -2.94. The van der Waals surface area contributed by atoms with Crippen LogP contribution in [0.4, 0.5) is 14.5 Å². The average molecular weight is 433 g/mol. The van der Waals surface area contributed by atoms with E-state index >= 15 is 0 Å². The van der Waals surface area contributed by atoms with E-state index in [1.165, 1.54) is 41.5 Å². The van der Waals surface area contributed by atoms with Gasteiger partial charge in [0.1, 0.15) is 17.2 Å². The summed E-state index contributed by atoms with van der Waals surface area (Å²) in [6, 6.07) is 9.24. The number of carbonyl (C=O) groups excluding carboxylic acids is 2. The van der Waals surface area contributed by atoms with Gasteiger partial charge in [-0.1, -0.05) is 11.8 Å². The number of aliphatic imine (C=N–C) groups is 1. The van der Waals surface area contributed by atoms with Gasteiger partial charge in [0.2, 0.25) is 5.91 Å². The fraction of sp³-hybridized carbons (Fsp3) is 0.250. The van der Waals surface area contributed by atoms with Crippen molar-refractivity contribution < 1.29 is 27.5 Å². The van der Waals surface area contributed by atoms with Gasteiger partial charge in [0.15, 0.2) is 5.17 Å². The standard InChI is InChI=1S/C20H17F2N3O4S/c21-19(22)29-14-7-5-13(6-8-14)25-18(27)16(10-15-2-1-9-28-15)24-20(25)30-11-17(26)23-12-3-4-12/h1-2,5-10,12,19H,3-4,11H2,(H,23,26). The van der Waals surface area contributed by atoms with E-state index in [0.717, 1.165) is 24.6 Å². The Morgan fingerprint density at radius 3 is 2.73 bits per heavy atom. The van der Waals surface area contributed by atoms with E-state index in [-0.39, 0.29) is 29.1 Å². The van der Waals surface area contributed by atoms with Crippen molar-refractivity contribution in [1.29, 1.82) is 0 Å². The number of carbonyl (C=O) groups is 2. The zero-order valence-electron chi connectivity index (χ0n) is 15.6. The molecule has 0 atom stereocenters. The van der Waals surface area contributed by atoms with Crippen LogP contribution in [-0.2, 0) is 9.59 Å². The van der Waals surface area contributed by atoms with E-state index in [0.29, 0.717) is 16.6 Å². The van der Waals surface area contributed by atoms with Crippen LogP contribution in [0.3, 0.4) is 0 Å². The highest BCUT2D eigenvalue weighted by atomic mass is 32.2. The van der Waals surface area contributed by atoms with E-state index < -0.39 is 12.5 Å². The van der Waals surface area contributed by atoms with Crippen LogP contribution < -0.4 is 15.0 Å². The number of ether oxygens (including phenoxy) is 1. The quantitative estimate of drug-likeness (QED) is 0.674. The molecular weight excluding hydrogens is 416 g/mol. The van der Waals surface area contributed by atoms with Crippen molar-refractivity contribution in [2.45, 2.75) is 25.5 Å². The molecule has 0 spiro atoms. The van der Waals surface area contributed by atoms with Crippen LogP contribution in [-0.4, -0.2) is 35.4 Å². The zero-order valence-corrected chi connectivity index (χ0v) is 16.4. The van der Waals surface area contributed by atoms with E-state index in [1.54, 1.807) is 12.1 Å². The Balaban J connectivity index is 1.56. The zero-order chi connectivity index (χ0) is 21.1. The number of nitrogens with zero attached hydrogens (tertiary/aromatic N) is 2. The van der Waals surface area contributed by atoms with Crippen LogP contribution in [0.15, 0.2) is 57.8 Å². The monoisotopic (exact) mass is 433 g/mol. The van der Waals surface area contributed by atoms with Gasteiger partial charge in [-0.15, -0.1) is 0 Å². The highest BCUT2D eigenvalue weighted by Gasteiger charge is 2.33. The van der Waals surface area contributed by atoms with Crippen LogP contribution in [0.25, 0.3) is 6.08 Å². The minimum Gasteiger partial charge on any atom is -0.465 e. The third-order valence-corrected chi connectivity index (χ3v) is 5.19. The van der Waals surface area contributed by atoms with Gasteiger partial charge in [-0.05, 0) is 49.2 Å². The second-order valence-corrected chi connectivity index (χ2v) is 7.53. The summed E-state index contributed by atoms with van der Waals surface area (Å²) in [6.45, 7) is -2.94. The number of rotatable bonds is 7. The van der Waals surface area contributed by atoms with Gasteiger partial charge in [0.25, 0.3) is 5.91 Å². The molecule has 4 rings (SSSR count). The molecule has 1 aromatic carbocycles. The summed E-state index contributed by atoms with van der Waals surface area (Å²) in [6.07, 6.45) is 4.93. The first-order chi connectivity index (χ1) is 14.5. The average Bonchev–Trinajstić information content (AvgIpc) is 3.26. The summed E-state index contributed by atoms with van der Waals surface area (Å²) in [7, 11) is 0. The highest BCUT2D eigenvalue weighted by molar-refractivity contribution is 8.14. The second kappa shape index (κ2) is 8.70. The Hall–Kier alpha value is -3.14. The Morgan fingerprint density at radius 2 is 2.10 bits per heavy atom. The lowest BCUT2D eigenvalue weighted by Gasteiger charge is -2.18. The number of nitrogens with one attached hydrogen (secondary N) is 1. The van der Waals surface area contributed by atoms with Crippen molar-refractivity contribution in [2.24, 2.45) is 4.99 Å². The molecule has 2 aliphatic rings. The minimum absolute atomic E-state index is 0.0262. The Morgan fingerprint density at radius 1 is 1.33 bits per heavy atom. The number of amidine groups is 1. The third-order valence-electron chi connectivity index (χ3n) is 4.25. The number of hydrogen-bond donors (Lipinski definition) is 1. The molecule has 2 amide bonds. The number of hydrogen-bond acceptors (Lipinski definition) is 6. The Kier molecular flexibility index (Phi) is 5.84. The predicted octanol–water partition coefficient (Wildman–Crippen LogP) is 3.64. The molecule has 0 unspecified atom stereocenters. The van der Waals surface area contributed by atoms with E-state index in [1.807, 2.05) is 0 Å². The maximum absolute atomic E-state index is 13.0. The van der Waals surface area contributed by atoms with Crippen molar-refractivity contribution in [2.75, 3.05) is 10.7 Å². The highest BCUT2D eigenvalue weighted by Crippen LogP contribution is 2.31. The van der Waals surface area contributed by atoms with Gasteiger partial charge in [-0.3, -0.25) is 14.5 Å². The summed E-state index contributed by atoms with van der Waals surface area (Å²) in [4.78, 5) is 30.7. The first-order valence-electron chi connectivity index (χ1n) is 9.15. The van der Waals surface area contributed by atoms with Gasteiger partial charge in [0.05, 0.1) is 17.7 Å². The van der Waals surface area contributed by atoms with E-state index in [2.05, 4.69) is 15.0 Å². The van der Waals surface area contributed by atoms with Gasteiger partial charge < -0.3 is 14.5 Å². The first kappa shape index (κ1) is 20.1. The molecule has 156 valence electrons. The molecule has 10 heteroatoms. The summed E-state index contributed by atoms with van der Waals surface area (Å²) < 4.78 is 34.4. The van der Waals surface area contributed by atoms with E-state index in [4.69, 9.17) is 4.42 Å². The molecule has 0 radical (unpaired) electrons. The van der Waals surface area contributed by atoms with Gasteiger partial charge >= 0.3 is 6.61 Å². The van der Waals surface area contributed by atoms with Crippen molar-refractivity contribution in [3.05, 3.63) is 54.1 Å². The summed E-state index contributed by atoms with van der Waals surface area (Å²) in [5.74, 6) is -0.0253. The van der Waals surface area contributed by atoms with Crippen LogP contribution in [0.2, 0.25) is 0 Å². The molecule has 30 heavy (non-hydrogen) atoms. The molecule has 1 aromatic heterocycles. The molecule has 7 nitrogen and oxygen atoms in total. The van der Waals surface area contributed by atoms with Crippen molar-refractivity contribution in [1.82, 2.24) is 5.32 Å². The second-order valence-electron chi connectivity index (χ2n) is 6.58. The SMILES string of the molecule is O=C(CSC1=NC(=Cc2ccco2)C(=O)N1c1ccc(OC(F)F)cc1)NC1CC1. The molecule has 1 fully saturated rings. The lowest BCUT2D eigenvalue weighted by molar-refractivity contribution is -0.118. The lowest BCUT2D eigenvalue weighted by Crippen LogP contribution is -2.32.